The Kier molecular flexibility index (Phi) is 3.69. The van der Waals surface area contributed by atoms with E-state index in [4.69, 9.17) is 4.42 Å². The fourth-order valence-electron chi connectivity index (χ4n) is 2.69. The molecule has 1 atom stereocenters. The van der Waals surface area contributed by atoms with Gasteiger partial charge in [0.2, 0.25) is 5.91 Å². The maximum atomic E-state index is 12.0. The molecule has 5 heteroatoms. The van der Waals surface area contributed by atoms with Gasteiger partial charge in [0.15, 0.2) is 11.5 Å². The molecule has 0 radical (unpaired) electrons. The number of hydrogen-bond donors (Lipinski definition) is 2. The molecule has 1 saturated heterocycles. The van der Waals surface area contributed by atoms with Gasteiger partial charge in [0.1, 0.15) is 5.52 Å². The Labute approximate surface area is 117 Å². The first-order valence-electron chi connectivity index (χ1n) is 7.08. The standard InChI is InChI=1S/C15H19N3O2/c1-10-17-13-8-12(4-5-14(13)20-10)18-15(19)7-11-3-2-6-16-9-11/h4-5,8,11,16H,2-3,6-7,9H2,1H3,(H,18,19). The van der Waals surface area contributed by atoms with Gasteiger partial charge in [0, 0.05) is 19.0 Å². The fourth-order valence-corrected chi connectivity index (χ4v) is 2.69. The summed E-state index contributed by atoms with van der Waals surface area (Å²) in [4.78, 5) is 16.3. The number of nitrogens with zero attached hydrogens (tertiary/aromatic N) is 1. The van der Waals surface area contributed by atoms with Crippen LogP contribution in [0, 0.1) is 12.8 Å². The van der Waals surface area contributed by atoms with E-state index in [1.54, 1.807) is 0 Å². The zero-order chi connectivity index (χ0) is 13.9. The van der Waals surface area contributed by atoms with Crippen LogP contribution >= 0.6 is 0 Å². The molecule has 106 valence electrons. The van der Waals surface area contributed by atoms with E-state index in [1.165, 1.54) is 0 Å². The van der Waals surface area contributed by atoms with E-state index in [1.807, 2.05) is 25.1 Å². The van der Waals surface area contributed by atoms with Crippen molar-refractivity contribution in [2.45, 2.75) is 26.2 Å². The van der Waals surface area contributed by atoms with Gasteiger partial charge in [0.25, 0.3) is 0 Å². The summed E-state index contributed by atoms with van der Waals surface area (Å²) in [6.45, 7) is 3.82. The van der Waals surface area contributed by atoms with Crippen LogP contribution in [0.2, 0.25) is 0 Å². The lowest BCUT2D eigenvalue weighted by molar-refractivity contribution is -0.117. The van der Waals surface area contributed by atoms with Crippen molar-refractivity contribution in [3.05, 3.63) is 24.1 Å². The maximum Gasteiger partial charge on any atom is 0.224 e. The zero-order valence-electron chi connectivity index (χ0n) is 11.6. The molecule has 0 bridgehead atoms. The number of rotatable bonds is 3. The molecule has 0 saturated carbocycles. The topological polar surface area (TPSA) is 67.2 Å². The average Bonchev–Trinajstić information content (AvgIpc) is 2.79. The van der Waals surface area contributed by atoms with Crippen LogP contribution < -0.4 is 10.6 Å². The van der Waals surface area contributed by atoms with Crippen molar-refractivity contribution in [3.63, 3.8) is 0 Å². The molecular formula is C15H19N3O2. The van der Waals surface area contributed by atoms with Gasteiger partial charge in [-0.3, -0.25) is 4.79 Å². The van der Waals surface area contributed by atoms with E-state index in [9.17, 15) is 4.79 Å². The lowest BCUT2D eigenvalue weighted by atomic mass is 9.96. The SMILES string of the molecule is Cc1nc2cc(NC(=O)CC3CCCNC3)ccc2o1. The number of oxazole rings is 1. The summed E-state index contributed by atoms with van der Waals surface area (Å²) in [5.74, 6) is 1.15. The van der Waals surface area contributed by atoms with E-state index >= 15 is 0 Å². The van der Waals surface area contributed by atoms with Gasteiger partial charge in [0.05, 0.1) is 0 Å². The predicted molar refractivity (Wildman–Crippen MR) is 77.6 cm³/mol. The Morgan fingerprint density at radius 3 is 3.25 bits per heavy atom. The number of anilines is 1. The molecule has 1 aliphatic rings. The highest BCUT2D eigenvalue weighted by Gasteiger charge is 2.17. The normalized spacial score (nSPS) is 19.1. The average molecular weight is 273 g/mol. The van der Waals surface area contributed by atoms with Crippen LogP contribution in [-0.4, -0.2) is 24.0 Å². The summed E-state index contributed by atoms with van der Waals surface area (Å²) in [5, 5.41) is 6.27. The zero-order valence-corrected chi connectivity index (χ0v) is 11.6. The van der Waals surface area contributed by atoms with Crippen molar-refractivity contribution < 1.29 is 9.21 Å². The highest BCUT2D eigenvalue weighted by Crippen LogP contribution is 2.21. The molecule has 1 aromatic carbocycles. The molecule has 20 heavy (non-hydrogen) atoms. The molecule has 1 aromatic heterocycles. The maximum absolute atomic E-state index is 12.0. The van der Waals surface area contributed by atoms with Crippen molar-refractivity contribution in [3.8, 4) is 0 Å². The van der Waals surface area contributed by atoms with Crippen LogP contribution in [0.4, 0.5) is 5.69 Å². The van der Waals surface area contributed by atoms with Gasteiger partial charge in [-0.25, -0.2) is 4.98 Å². The van der Waals surface area contributed by atoms with Crippen molar-refractivity contribution >= 4 is 22.7 Å². The number of aryl methyl sites for hydroxylation is 1. The summed E-state index contributed by atoms with van der Waals surface area (Å²) < 4.78 is 5.42. The van der Waals surface area contributed by atoms with Crippen molar-refractivity contribution in [2.24, 2.45) is 5.92 Å². The molecule has 1 unspecified atom stereocenters. The molecule has 3 rings (SSSR count). The quantitative estimate of drug-likeness (QED) is 0.901. The van der Waals surface area contributed by atoms with Gasteiger partial charge in [-0.1, -0.05) is 0 Å². The molecule has 2 N–H and O–H groups in total. The molecule has 5 nitrogen and oxygen atoms in total. The van der Waals surface area contributed by atoms with E-state index in [0.29, 0.717) is 18.2 Å². The Morgan fingerprint density at radius 1 is 1.55 bits per heavy atom. The summed E-state index contributed by atoms with van der Waals surface area (Å²) in [5.41, 5.74) is 2.30. The van der Waals surface area contributed by atoms with Gasteiger partial charge in [-0.2, -0.15) is 0 Å². The van der Waals surface area contributed by atoms with E-state index < -0.39 is 0 Å². The van der Waals surface area contributed by atoms with Gasteiger partial charge < -0.3 is 15.1 Å². The van der Waals surface area contributed by atoms with Crippen LogP contribution in [0.3, 0.4) is 0 Å². The summed E-state index contributed by atoms with van der Waals surface area (Å²) in [7, 11) is 0. The largest absolute Gasteiger partial charge is 0.441 e. The van der Waals surface area contributed by atoms with E-state index in [-0.39, 0.29) is 5.91 Å². The molecule has 2 heterocycles. The summed E-state index contributed by atoms with van der Waals surface area (Å²) in [6, 6.07) is 5.54. The van der Waals surface area contributed by atoms with Crippen molar-refractivity contribution in [1.29, 1.82) is 0 Å². The number of aromatic nitrogens is 1. The second kappa shape index (κ2) is 5.63. The van der Waals surface area contributed by atoms with E-state index in [0.717, 1.165) is 42.7 Å². The molecule has 1 aliphatic heterocycles. The number of nitrogens with one attached hydrogen (secondary N) is 2. The lowest BCUT2D eigenvalue weighted by Crippen LogP contribution is -2.32. The minimum Gasteiger partial charge on any atom is -0.441 e. The van der Waals surface area contributed by atoms with Crippen LogP contribution in [0.1, 0.15) is 25.2 Å². The third-order valence-corrected chi connectivity index (χ3v) is 3.65. The number of piperidine rings is 1. The number of fused-ring (bicyclic) bond motifs is 1. The highest BCUT2D eigenvalue weighted by atomic mass is 16.3. The minimum atomic E-state index is 0.0678. The van der Waals surface area contributed by atoms with Gasteiger partial charge >= 0.3 is 0 Å². The van der Waals surface area contributed by atoms with Crippen LogP contribution in [-0.2, 0) is 4.79 Å². The second-order valence-electron chi connectivity index (χ2n) is 5.38. The smallest absolute Gasteiger partial charge is 0.224 e. The summed E-state index contributed by atoms with van der Waals surface area (Å²) in [6.07, 6.45) is 2.85. The third-order valence-electron chi connectivity index (χ3n) is 3.65. The van der Waals surface area contributed by atoms with Crippen LogP contribution in [0.15, 0.2) is 22.6 Å². The Hall–Kier alpha value is -1.88. The predicted octanol–water partition coefficient (Wildman–Crippen LogP) is 2.46. The highest BCUT2D eigenvalue weighted by molar-refractivity contribution is 5.92. The molecular weight excluding hydrogens is 254 g/mol. The number of hydrogen-bond acceptors (Lipinski definition) is 4. The number of carbonyl (C=O) groups excluding carboxylic acids is 1. The first-order valence-corrected chi connectivity index (χ1v) is 7.08. The minimum absolute atomic E-state index is 0.0678. The Morgan fingerprint density at radius 2 is 2.45 bits per heavy atom. The monoisotopic (exact) mass is 273 g/mol. The van der Waals surface area contributed by atoms with Crippen molar-refractivity contribution in [1.82, 2.24) is 10.3 Å². The van der Waals surface area contributed by atoms with Gasteiger partial charge in [-0.15, -0.1) is 0 Å². The molecule has 2 aromatic rings. The Bertz CT molecular complexity index is 615. The number of benzene rings is 1. The van der Waals surface area contributed by atoms with Crippen LogP contribution in [0.5, 0.6) is 0 Å². The van der Waals surface area contributed by atoms with Crippen molar-refractivity contribution in [2.75, 3.05) is 18.4 Å². The fraction of sp³-hybridized carbons (Fsp3) is 0.467. The lowest BCUT2D eigenvalue weighted by Gasteiger charge is -2.22. The van der Waals surface area contributed by atoms with E-state index in [2.05, 4.69) is 15.6 Å². The van der Waals surface area contributed by atoms with Crippen LogP contribution in [0.25, 0.3) is 11.1 Å². The molecule has 1 fully saturated rings. The molecule has 1 amide bonds. The molecule has 0 aliphatic carbocycles. The summed E-state index contributed by atoms with van der Waals surface area (Å²) >= 11 is 0. The second-order valence-corrected chi connectivity index (χ2v) is 5.38. The van der Waals surface area contributed by atoms with Gasteiger partial charge in [-0.05, 0) is 50.0 Å². The third kappa shape index (κ3) is 2.99. The Balaban J connectivity index is 1.64. The number of carbonyl (C=O) groups is 1. The molecule has 0 spiro atoms. The first kappa shape index (κ1) is 13.1. The number of amides is 1. The first-order chi connectivity index (χ1) is 9.70.